The van der Waals surface area contributed by atoms with E-state index in [0.717, 1.165) is 19.3 Å². The Morgan fingerprint density at radius 2 is 2.24 bits per heavy atom. The fourth-order valence-corrected chi connectivity index (χ4v) is 2.43. The minimum Gasteiger partial charge on any atom is -0.480 e. The van der Waals surface area contributed by atoms with Gasteiger partial charge < -0.3 is 10.4 Å². The van der Waals surface area contributed by atoms with Gasteiger partial charge in [-0.05, 0) is 37.1 Å². The van der Waals surface area contributed by atoms with E-state index in [1.54, 1.807) is 0 Å². The molecule has 0 amide bonds. The molecule has 0 heterocycles. The van der Waals surface area contributed by atoms with Crippen LogP contribution in [-0.2, 0) is 4.79 Å². The first-order valence-corrected chi connectivity index (χ1v) is 6.14. The Morgan fingerprint density at radius 1 is 1.59 bits per heavy atom. The van der Waals surface area contributed by atoms with Gasteiger partial charge in [-0.15, -0.1) is 0 Å². The van der Waals surface area contributed by atoms with Crippen LogP contribution in [-0.4, -0.2) is 29.7 Å². The SMILES string of the molecule is CCC1CCC(NCCN=[N+]=[N-])(C(=O)O)CC1. The van der Waals surface area contributed by atoms with Crippen molar-refractivity contribution in [1.82, 2.24) is 5.32 Å². The lowest BCUT2D eigenvalue weighted by Gasteiger charge is -2.37. The van der Waals surface area contributed by atoms with Gasteiger partial charge >= 0.3 is 5.97 Å². The van der Waals surface area contributed by atoms with Crippen LogP contribution in [0.4, 0.5) is 0 Å². The molecule has 0 aromatic rings. The maximum Gasteiger partial charge on any atom is 0.323 e. The number of carboxylic acids is 1. The van der Waals surface area contributed by atoms with Crippen molar-refractivity contribution in [1.29, 1.82) is 0 Å². The second-order valence-corrected chi connectivity index (χ2v) is 4.62. The van der Waals surface area contributed by atoms with Gasteiger partial charge in [-0.1, -0.05) is 18.5 Å². The predicted octanol–water partition coefficient (Wildman–Crippen LogP) is 2.31. The molecule has 1 aliphatic rings. The third kappa shape index (κ3) is 3.61. The van der Waals surface area contributed by atoms with Gasteiger partial charge in [0.1, 0.15) is 5.54 Å². The molecule has 1 rings (SSSR count). The number of carboxylic acid groups (broad SMARTS) is 1. The lowest BCUT2D eigenvalue weighted by atomic mass is 9.75. The molecule has 0 aliphatic heterocycles. The number of rotatable bonds is 6. The van der Waals surface area contributed by atoms with Gasteiger partial charge in [0.25, 0.3) is 0 Å². The number of hydrogen-bond acceptors (Lipinski definition) is 3. The van der Waals surface area contributed by atoms with Gasteiger partial charge in [0.15, 0.2) is 0 Å². The van der Waals surface area contributed by atoms with Crippen LogP contribution in [0.25, 0.3) is 10.4 Å². The van der Waals surface area contributed by atoms with Gasteiger partial charge in [-0.3, -0.25) is 4.79 Å². The minimum absolute atomic E-state index is 0.294. The number of nitrogens with one attached hydrogen (secondary N) is 1. The zero-order chi connectivity index (χ0) is 12.7. The van der Waals surface area contributed by atoms with E-state index >= 15 is 0 Å². The highest BCUT2D eigenvalue weighted by Gasteiger charge is 2.40. The van der Waals surface area contributed by atoms with E-state index in [1.807, 2.05) is 0 Å². The molecule has 0 atom stereocenters. The molecule has 0 aromatic carbocycles. The molecule has 0 bridgehead atoms. The highest BCUT2D eigenvalue weighted by atomic mass is 16.4. The summed E-state index contributed by atoms with van der Waals surface area (Å²) in [6, 6.07) is 0. The van der Waals surface area contributed by atoms with Crippen molar-refractivity contribution in [2.45, 2.75) is 44.6 Å². The zero-order valence-corrected chi connectivity index (χ0v) is 10.2. The van der Waals surface area contributed by atoms with E-state index in [-0.39, 0.29) is 0 Å². The Bertz CT molecular complexity index is 305. The van der Waals surface area contributed by atoms with Crippen molar-refractivity contribution in [3.05, 3.63) is 10.4 Å². The van der Waals surface area contributed by atoms with Crippen molar-refractivity contribution in [2.75, 3.05) is 13.1 Å². The Balaban J connectivity index is 2.52. The number of nitrogens with zero attached hydrogens (tertiary/aromatic N) is 3. The standard InChI is InChI=1S/C11H20N4O2/c1-2-9-3-5-11(6-4-9,10(16)17)13-7-8-14-15-12/h9,13H,2-8H2,1H3,(H,16,17). The third-order valence-corrected chi connectivity index (χ3v) is 3.68. The Morgan fingerprint density at radius 3 is 2.71 bits per heavy atom. The average Bonchev–Trinajstić information content (AvgIpc) is 2.35. The van der Waals surface area contributed by atoms with Crippen molar-refractivity contribution in [2.24, 2.45) is 11.0 Å². The zero-order valence-electron chi connectivity index (χ0n) is 10.2. The van der Waals surface area contributed by atoms with Gasteiger partial charge in [-0.2, -0.15) is 0 Å². The number of aliphatic carboxylic acids is 1. The molecule has 1 aliphatic carbocycles. The topological polar surface area (TPSA) is 98.1 Å². The van der Waals surface area contributed by atoms with Gasteiger partial charge in [-0.25, -0.2) is 0 Å². The Hall–Kier alpha value is -1.26. The maximum atomic E-state index is 11.4. The van der Waals surface area contributed by atoms with Crippen LogP contribution in [0.1, 0.15) is 39.0 Å². The molecule has 0 aromatic heterocycles. The first-order chi connectivity index (χ1) is 8.14. The third-order valence-electron chi connectivity index (χ3n) is 3.68. The van der Waals surface area contributed by atoms with Crippen molar-refractivity contribution >= 4 is 5.97 Å². The molecule has 6 nitrogen and oxygen atoms in total. The highest BCUT2D eigenvalue weighted by molar-refractivity contribution is 5.78. The smallest absolute Gasteiger partial charge is 0.323 e. The van der Waals surface area contributed by atoms with Crippen LogP contribution >= 0.6 is 0 Å². The molecule has 0 saturated heterocycles. The monoisotopic (exact) mass is 240 g/mol. The van der Waals surface area contributed by atoms with Crippen LogP contribution in [0, 0.1) is 5.92 Å². The van der Waals surface area contributed by atoms with E-state index in [1.165, 1.54) is 0 Å². The second kappa shape index (κ2) is 6.47. The molecule has 1 fully saturated rings. The Labute approximate surface area is 101 Å². The number of carbonyl (C=O) groups is 1. The minimum atomic E-state index is -0.809. The van der Waals surface area contributed by atoms with Gasteiger partial charge in [0, 0.05) is 18.0 Å². The summed E-state index contributed by atoms with van der Waals surface area (Å²) in [5.74, 6) is -0.130. The first kappa shape index (κ1) is 13.8. The number of azide groups is 1. The molecule has 6 heteroatoms. The van der Waals surface area contributed by atoms with E-state index in [4.69, 9.17) is 5.53 Å². The number of hydrogen-bond donors (Lipinski definition) is 2. The molecule has 0 radical (unpaired) electrons. The summed E-state index contributed by atoms with van der Waals surface area (Å²) in [7, 11) is 0. The quantitative estimate of drug-likeness (QED) is 0.322. The lowest BCUT2D eigenvalue weighted by Crippen LogP contribution is -2.54. The summed E-state index contributed by atoms with van der Waals surface area (Å²) in [6.45, 7) is 2.86. The second-order valence-electron chi connectivity index (χ2n) is 4.62. The Kier molecular flexibility index (Phi) is 5.25. The maximum absolute atomic E-state index is 11.4. The van der Waals surface area contributed by atoms with Gasteiger partial charge in [0.05, 0.1) is 0 Å². The highest BCUT2D eigenvalue weighted by Crippen LogP contribution is 2.33. The van der Waals surface area contributed by atoms with Crippen molar-refractivity contribution in [3.63, 3.8) is 0 Å². The summed E-state index contributed by atoms with van der Waals surface area (Å²) in [5, 5.41) is 15.8. The van der Waals surface area contributed by atoms with Gasteiger partial charge in [0.2, 0.25) is 0 Å². The normalized spacial score (nSPS) is 28.4. The molecule has 96 valence electrons. The fraction of sp³-hybridized carbons (Fsp3) is 0.909. The van der Waals surface area contributed by atoms with Crippen LogP contribution in [0.15, 0.2) is 5.11 Å². The van der Waals surface area contributed by atoms with Crippen molar-refractivity contribution < 1.29 is 9.90 Å². The van der Waals surface area contributed by atoms with Crippen LogP contribution in [0.2, 0.25) is 0 Å². The van der Waals surface area contributed by atoms with Crippen LogP contribution in [0.3, 0.4) is 0 Å². The molecule has 0 unspecified atom stereocenters. The summed E-state index contributed by atoms with van der Waals surface area (Å²) in [4.78, 5) is 14.0. The molecule has 0 spiro atoms. The summed E-state index contributed by atoms with van der Waals surface area (Å²) < 4.78 is 0. The molecular formula is C11H20N4O2. The summed E-state index contributed by atoms with van der Waals surface area (Å²) in [6.07, 6.45) is 4.36. The van der Waals surface area contributed by atoms with E-state index in [9.17, 15) is 9.90 Å². The predicted molar refractivity (Wildman–Crippen MR) is 64.6 cm³/mol. The molecular weight excluding hydrogens is 220 g/mol. The molecule has 17 heavy (non-hydrogen) atoms. The summed E-state index contributed by atoms with van der Waals surface area (Å²) >= 11 is 0. The fourth-order valence-electron chi connectivity index (χ4n) is 2.43. The largest absolute Gasteiger partial charge is 0.480 e. The molecule has 2 N–H and O–H groups in total. The van der Waals surface area contributed by atoms with E-state index < -0.39 is 11.5 Å². The average molecular weight is 240 g/mol. The van der Waals surface area contributed by atoms with Crippen LogP contribution in [0.5, 0.6) is 0 Å². The van der Waals surface area contributed by atoms with E-state index in [0.29, 0.717) is 31.8 Å². The lowest BCUT2D eigenvalue weighted by molar-refractivity contribution is -0.146. The van der Waals surface area contributed by atoms with Crippen molar-refractivity contribution in [3.8, 4) is 0 Å². The van der Waals surface area contributed by atoms with Crippen LogP contribution < -0.4 is 5.32 Å². The summed E-state index contributed by atoms with van der Waals surface area (Å²) in [5.41, 5.74) is 7.35. The first-order valence-electron chi connectivity index (χ1n) is 6.14. The molecule has 1 saturated carbocycles. The van der Waals surface area contributed by atoms with E-state index in [2.05, 4.69) is 22.3 Å².